The fraction of sp³-hybridized carbons (Fsp3) is 0.500. The van der Waals surface area contributed by atoms with Crippen LogP contribution in [-0.2, 0) is 10.3 Å². The third kappa shape index (κ3) is 2.69. The van der Waals surface area contributed by atoms with Crippen molar-refractivity contribution >= 4 is 11.9 Å². The van der Waals surface area contributed by atoms with E-state index in [4.69, 9.17) is 0 Å². The molecule has 1 atom stereocenters. The smallest absolute Gasteiger partial charge is 0.256 e. The van der Waals surface area contributed by atoms with E-state index in [2.05, 4.69) is 42.5 Å². The Kier molecular flexibility index (Phi) is 3.84. The van der Waals surface area contributed by atoms with Gasteiger partial charge in [0.15, 0.2) is 5.96 Å². The topological polar surface area (TPSA) is 53.5 Å². The summed E-state index contributed by atoms with van der Waals surface area (Å²) in [4.78, 5) is 16.7. The summed E-state index contributed by atoms with van der Waals surface area (Å²) >= 11 is 0. The van der Waals surface area contributed by atoms with E-state index in [1.807, 2.05) is 26.0 Å². The molecule has 1 aromatic rings. The number of aryl methyl sites for hydroxylation is 2. The molecule has 108 valence electrons. The van der Waals surface area contributed by atoms with E-state index < -0.39 is 5.54 Å². The number of nitrogens with one attached hydrogen (secondary N) is 2. The molecule has 4 nitrogen and oxygen atoms in total. The van der Waals surface area contributed by atoms with E-state index in [1.165, 1.54) is 5.56 Å². The van der Waals surface area contributed by atoms with Gasteiger partial charge in [0.2, 0.25) is 0 Å². The van der Waals surface area contributed by atoms with Gasteiger partial charge in [0.1, 0.15) is 5.54 Å². The first-order valence-corrected chi connectivity index (χ1v) is 7.04. The number of carbonyl (C=O) groups is 1. The average Bonchev–Trinajstić information content (AvgIpc) is 2.63. The number of rotatable bonds is 3. The summed E-state index contributed by atoms with van der Waals surface area (Å²) in [5.74, 6) is 0.993. The Balaban J connectivity index is 2.31. The molecule has 4 heteroatoms. The number of hydrogen-bond acceptors (Lipinski definition) is 2. The van der Waals surface area contributed by atoms with Gasteiger partial charge >= 0.3 is 0 Å². The molecule has 1 aliphatic heterocycles. The van der Waals surface area contributed by atoms with Gasteiger partial charge in [-0.15, -0.1) is 0 Å². The van der Waals surface area contributed by atoms with Crippen molar-refractivity contribution in [2.24, 2.45) is 10.9 Å². The van der Waals surface area contributed by atoms with Crippen LogP contribution in [0.15, 0.2) is 23.2 Å². The van der Waals surface area contributed by atoms with Crippen molar-refractivity contribution in [1.82, 2.24) is 10.6 Å². The molecule has 1 saturated heterocycles. The van der Waals surface area contributed by atoms with E-state index in [9.17, 15) is 4.79 Å². The molecule has 0 bridgehead atoms. The minimum Gasteiger partial charge on any atom is -0.338 e. The summed E-state index contributed by atoms with van der Waals surface area (Å²) in [5, 5.41) is 6.08. The Labute approximate surface area is 120 Å². The molecule has 2 N–H and O–H groups in total. The molecule has 1 aliphatic rings. The molecule has 0 aliphatic carbocycles. The van der Waals surface area contributed by atoms with Crippen LogP contribution in [0.2, 0.25) is 0 Å². The Morgan fingerprint density at radius 3 is 2.60 bits per heavy atom. The molecular weight excluding hydrogens is 250 g/mol. The van der Waals surface area contributed by atoms with Crippen LogP contribution in [0.25, 0.3) is 0 Å². The van der Waals surface area contributed by atoms with Gasteiger partial charge in [-0.1, -0.05) is 37.6 Å². The molecule has 0 aromatic heterocycles. The number of nitrogens with zero attached hydrogens (tertiary/aromatic N) is 1. The lowest BCUT2D eigenvalue weighted by Gasteiger charge is -2.24. The van der Waals surface area contributed by atoms with Gasteiger partial charge in [-0.05, 0) is 37.8 Å². The molecule has 20 heavy (non-hydrogen) atoms. The Morgan fingerprint density at radius 1 is 1.30 bits per heavy atom. The second kappa shape index (κ2) is 5.27. The zero-order valence-corrected chi connectivity index (χ0v) is 12.9. The number of hydrogen-bond donors (Lipinski definition) is 2. The van der Waals surface area contributed by atoms with Crippen molar-refractivity contribution in [2.75, 3.05) is 6.54 Å². The summed E-state index contributed by atoms with van der Waals surface area (Å²) in [5.41, 5.74) is 2.56. The molecule has 1 unspecified atom stereocenters. The molecule has 0 saturated carbocycles. The van der Waals surface area contributed by atoms with Crippen molar-refractivity contribution in [3.63, 3.8) is 0 Å². The average molecular weight is 273 g/mol. The number of aliphatic imine (C=N–C) groups is 1. The summed E-state index contributed by atoms with van der Waals surface area (Å²) in [6.07, 6.45) is 0. The largest absolute Gasteiger partial charge is 0.338 e. The van der Waals surface area contributed by atoms with Gasteiger partial charge in [-0.2, -0.15) is 0 Å². The van der Waals surface area contributed by atoms with Gasteiger partial charge in [0, 0.05) is 6.54 Å². The van der Waals surface area contributed by atoms with Crippen LogP contribution in [0.4, 0.5) is 0 Å². The van der Waals surface area contributed by atoms with Crippen molar-refractivity contribution in [3.05, 3.63) is 34.9 Å². The monoisotopic (exact) mass is 273 g/mol. The molecular formula is C16H23N3O. The summed E-state index contributed by atoms with van der Waals surface area (Å²) in [6, 6.07) is 6.15. The number of carbonyl (C=O) groups excluding carboxylic acids is 1. The lowest BCUT2D eigenvalue weighted by molar-refractivity contribution is -0.123. The number of amides is 1. The van der Waals surface area contributed by atoms with Crippen LogP contribution < -0.4 is 10.6 Å². The lowest BCUT2D eigenvalue weighted by atomic mass is 9.88. The van der Waals surface area contributed by atoms with Crippen molar-refractivity contribution in [1.29, 1.82) is 0 Å². The molecule has 2 rings (SSSR count). The van der Waals surface area contributed by atoms with E-state index in [-0.39, 0.29) is 5.91 Å². The Bertz CT molecular complexity index is 563. The van der Waals surface area contributed by atoms with Crippen molar-refractivity contribution < 1.29 is 4.79 Å². The lowest BCUT2D eigenvalue weighted by Crippen LogP contribution is -2.41. The third-order valence-corrected chi connectivity index (χ3v) is 3.59. The summed E-state index contributed by atoms with van der Waals surface area (Å²) in [7, 11) is 0. The van der Waals surface area contributed by atoms with Gasteiger partial charge in [0.25, 0.3) is 5.91 Å². The second-order valence-electron chi connectivity index (χ2n) is 6.11. The molecule has 0 spiro atoms. The third-order valence-electron chi connectivity index (χ3n) is 3.59. The molecule has 1 amide bonds. The van der Waals surface area contributed by atoms with Crippen LogP contribution in [0.1, 0.15) is 37.5 Å². The van der Waals surface area contributed by atoms with Gasteiger partial charge in [-0.3, -0.25) is 15.1 Å². The normalized spacial score (nSPS) is 24.1. The minimum atomic E-state index is -0.742. The number of guanidine groups is 1. The zero-order valence-electron chi connectivity index (χ0n) is 12.9. The minimum absolute atomic E-state index is 0.0491. The van der Waals surface area contributed by atoms with E-state index in [0.29, 0.717) is 18.4 Å². The van der Waals surface area contributed by atoms with Gasteiger partial charge in [-0.25, -0.2) is 0 Å². The molecule has 1 fully saturated rings. The highest BCUT2D eigenvalue weighted by Gasteiger charge is 2.43. The zero-order chi connectivity index (χ0) is 14.9. The van der Waals surface area contributed by atoms with Crippen molar-refractivity contribution in [3.8, 4) is 0 Å². The van der Waals surface area contributed by atoms with Gasteiger partial charge < -0.3 is 5.32 Å². The van der Waals surface area contributed by atoms with Crippen LogP contribution in [0.3, 0.4) is 0 Å². The van der Waals surface area contributed by atoms with E-state index in [1.54, 1.807) is 0 Å². The molecule has 0 radical (unpaired) electrons. The standard InChI is InChI=1S/C16H23N3O/c1-10(2)9-17-15-18-14(20)16(5,19-15)13-7-6-11(3)8-12(13)4/h6-8,10H,9H2,1-5H3,(H2,17,18,19,20). The van der Waals surface area contributed by atoms with E-state index >= 15 is 0 Å². The second-order valence-corrected chi connectivity index (χ2v) is 6.11. The quantitative estimate of drug-likeness (QED) is 0.887. The highest BCUT2D eigenvalue weighted by atomic mass is 16.2. The van der Waals surface area contributed by atoms with Crippen LogP contribution >= 0.6 is 0 Å². The first kappa shape index (κ1) is 14.6. The Hall–Kier alpha value is -1.84. The number of benzene rings is 1. The van der Waals surface area contributed by atoms with Crippen LogP contribution in [0.5, 0.6) is 0 Å². The van der Waals surface area contributed by atoms with Crippen molar-refractivity contribution in [2.45, 2.75) is 40.2 Å². The predicted molar refractivity (Wildman–Crippen MR) is 81.7 cm³/mol. The fourth-order valence-electron chi connectivity index (χ4n) is 2.47. The highest BCUT2D eigenvalue weighted by Crippen LogP contribution is 2.27. The van der Waals surface area contributed by atoms with Gasteiger partial charge in [0.05, 0.1) is 0 Å². The maximum absolute atomic E-state index is 12.3. The van der Waals surface area contributed by atoms with E-state index in [0.717, 1.165) is 11.1 Å². The summed E-state index contributed by atoms with van der Waals surface area (Å²) in [6.45, 7) is 10.9. The predicted octanol–water partition coefficient (Wildman–Crippen LogP) is 2.25. The first-order chi connectivity index (χ1) is 9.33. The molecule has 1 aromatic carbocycles. The maximum atomic E-state index is 12.3. The summed E-state index contributed by atoms with van der Waals surface area (Å²) < 4.78 is 0. The fourth-order valence-corrected chi connectivity index (χ4v) is 2.47. The Morgan fingerprint density at radius 2 is 2.00 bits per heavy atom. The maximum Gasteiger partial charge on any atom is 0.256 e. The van der Waals surface area contributed by atoms with Crippen LogP contribution in [-0.4, -0.2) is 18.4 Å². The SMILES string of the molecule is Cc1ccc(C2(C)NC(=NCC(C)C)NC2=O)c(C)c1. The van der Waals surface area contributed by atoms with Crippen LogP contribution in [0, 0.1) is 19.8 Å². The highest BCUT2D eigenvalue weighted by molar-refractivity contribution is 6.09. The first-order valence-electron chi connectivity index (χ1n) is 7.04. The molecule has 1 heterocycles.